The minimum atomic E-state index is -1.16. The number of ether oxygens (including phenoxy) is 1. The van der Waals surface area contributed by atoms with Crippen LogP contribution < -0.4 is 0 Å². The van der Waals surface area contributed by atoms with Crippen LogP contribution in [0.3, 0.4) is 0 Å². The van der Waals surface area contributed by atoms with E-state index >= 15 is 0 Å². The molecular formula is C9H8FNO3S. The Bertz CT molecular complexity index is 395. The largest absolute Gasteiger partial charge is 0.478 e. The zero-order chi connectivity index (χ0) is 10.8. The maximum atomic E-state index is 12.8. The summed E-state index contributed by atoms with van der Waals surface area (Å²) in [6.45, 7) is 1.17. The summed E-state index contributed by atoms with van der Waals surface area (Å²) in [5.41, 5.74) is -0.0908. The van der Waals surface area contributed by atoms with Crippen molar-refractivity contribution in [1.82, 2.24) is 4.98 Å². The van der Waals surface area contributed by atoms with Gasteiger partial charge in [-0.3, -0.25) is 0 Å². The normalized spacial score (nSPS) is 16.1. The van der Waals surface area contributed by atoms with Gasteiger partial charge in [-0.2, -0.15) is 0 Å². The molecule has 0 spiro atoms. The third-order valence-electron chi connectivity index (χ3n) is 1.93. The van der Waals surface area contributed by atoms with E-state index in [0.29, 0.717) is 18.2 Å². The third-order valence-corrected chi connectivity index (χ3v) is 3.09. The van der Waals surface area contributed by atoms with Crippen molar-refractivity contribution < 1.29 is 19.0 Å². The lowest BCUT2D eigenvalue weighted by atomic mass is 10.3. The maximum Gasteiger partial charge on any atom is 0.338 e. The molecule has 0 radical (unpaired) electrons. The van der Waals surface area contributed by atoms with Crippen LogP contribution in [-0.4, -0.2) is 34.5 Å². The number of pyridine rings is 1. The summed E-state index contributed by atoms with van der Waals surface area (Å²) in [5.74, 6) is -1.80. The molecule has 0 amide bonds. The molecule has 0 atom stereocenters. The Morgan fingerprint density at radius 1 is 1.67 bits per heavy atom. The molecule has 15 heavy (non-hydrogen) atoms. The molecule has 1 fully saturated rings. The first kappa shape index (κ1) is 10.4. The summed E-state index contributed by atoms with van der Waals surface area (Å²) in [4.78, 5) is 14.6. The third kappa shape index (κ3) is 2.27. The van der Waals surface area contributed by atoms with E-state index < -0.39 is 11.8 Å². The lowest BCUT2D eigenvalue weighted by Crippen LogP contribution is -2.30. The Labute approximate surface area is 89.5 Å². The summed E-state index contributed by atoms with van der Waals surface area (Å²) in [7, 11) is 0. The van der Waals surface area contributed by atoms with Gasteiger partial charge in [-0.1, -0.05) is 11.8 Å². The topological polar surface area (TPSA) is 59.4 Å². The highest BCUT2D eigenvalue weighted by molar-refractivity contribution is 8.00. The standard InChI is InChI=1S/C9H8FNO3S/c10-5-1-7(9(12)13)8(11-2-5)15-6-3-14-4-6/h1-2,6H,3-4H2,(H,12,13). The number of halogens is 1. The van der Waals surface area contributed by atoms with Gasteiger partial charge in [0.2, 0.25) is 0 Å². The fourth-order valence-corrected chi connectivity index (χ4v) is 2.14. The number of rotatable bonds is 3. The molecule has 0 aromatic carbocycles. The molecule has 1 aromatic heterocycles. The second kappa shape index (κ2) is 4.16. The van der Waals surface area contributed by atoms with Gasteiger partial charge >= 0.3 is 5.97 Å². The van der Waals surface area contributed by atoms with Crippen molar-refractivity contribution in [2.45, 2.75) is 10.3 Å². The van der Waals surface area contributed by atoms with Crippen molar-refractivity contribution in [3.8, 4) is 0 Å². The summed E-state index contributed by atoms with van der Waals surface area (Å²) in [6.07, 6.45) is 1.02. The lowest BCUT2D eigenvalue weighted by Gasteiger charge is -2.25. The van der Waals surface area contributed by atoms with E-state index in [0.717, 1.165) is 12.3 Å². The quantitative estimate of drug-likeness (QED) is 0.849. The van der Waals surface area contributed by atoms with Gasteiger partial charge in [-0.15, -0.1) is 0 Å². The molecule has 0 aliphatic carbocycles. The summed E-state index contributed by atoms with van der Waals surface area (Å²) < 4.78 is 17.7. The van der Waals surface area contributed by atoms with E-state index in [4.69, 9.17) is 9.84 Å². The zero-order valence-corrected chi connectivity index (χ0v) is 8.46. The van der Waals surface area contributed by atoms with Gasteiger partial charge in [-0.05, 0) is 6.07 Å². The second-order valence-electron chi connectivity index (χ2n) is 3.09. The minimum Gasteiger partial charge on any atom is -0.478 e. The highest BCUT2D eigenvalue weighted by Gasteiger charge is 2.23. The van der Waals surface area contributed by atoms with E-state index in [1.807, 2.05) is 0 Å². The van der Waals surface area contributed by atoms with Crippen LogP contribution in [0.5, 0.6) is 0 Å². The zero-order valence-electron chi connectivity index (χ0n) is 7.64. The number of carboxylic acid groups (broad SMARTS) is 1. The number of carbonyl (C=O) groups is 1. The molecule has 1 aromatic rings. The number of aromatic nitrogens is 1. The average molecular weight is 229 g/mol. The van der Waals surface area contributed by atoms with Crippen LogP contribution >= 0.6 is 11.8 Å². The SMILES string of the molecule is O=C(O)c1cc(F)cnc1SC1COC1. The van der Waals surface area contributed by atoms with Gasteiger partial charge in [0.25, 0.3) is 0 Å². The van der Waals surface area contributed by atoms with Crippen LogP contribution in [0.2, 0.25) is 0 Å². The molecule has 1 aliphatic rings. The van der Waals surface area contributed by atoms with Crippen molar-refractivity contribution in [1.29, 1.82) is 0 Å². The molecule has 1 N–H and O–H groups in total. The highest BCUT2D eigenvalue weighted by Crippen LogP contribution is 2.29. The van der Waals surface area contributed by atoms with Crippen molar-refractivity contribution in [3.63, 3.8) is 0 Å². The first-order chi connectivity index (χ1) is 7.16. The van der Waals surface area contributed by atoms with Crippen LogP contribution in [0.4, 0.5) is 4.39 Å². The van der Waals surface area contributed by atoms with E-state index in [1.54, 1.807) is 0 Å². The monoisotopic (exact) mass is 229 g/mol. The second-order valence-corrected chi connectivity index (χ2v) is 4.38. The summed E-state index contributed by atoms with van der Waals surface area (Å²) in [5, 5.41) is 9.41. The molecule has 2 heterocycles. The fraction of sp³-hybridized carbons (Fsp3) is 0.333. The first-order valence-electron chi connectivity index (χ1n) is 4.30. The molecule has 1 aliphatic heterocycles. The van der Waals surface area contributed by atoms with Gasteiger partial charge in [0, 0.05) is 0 Å². The van der Waals surface area contributed by atoms with Crippen molar-refractivity contribution >= 4 is 17.7 Å². The predicted molar refractivity (Wildman–Crippen MR) is 51.6 cm³/mol. The van der Waals surface area contributed by atoms with Gasteiger partial charge < -0.3 is 9.84 Å². The maximum absolute atomic E-state index is 12.8. The van der Waals surface area contributed by atoms with Crippen LogP contribution in [0, 0.1) is 5.82 Å². The Hall–Kier alpha value is -1.14. The Morgan fingerprint density at radius 3 is 2.93 bits per heavy atom. The van der Waals surface area contributed by atoms with E-state index in [-0.39, 0.29) is 10.8 Å². The first-order valence-corrected chi connectivity index (χ1v) is 5.18. The summed E-state index contributed by atoms with van der Waals surface area (Å²) >= 11 is 1.31. The number of hydrogen-bond donors (Lipinski definition) is 1. The highest BCUT2D eigenvalue weighted by atomic mass is 32.2. The Morgan fingerprint density at radius 2 is 2.40 bits per heavy atom. The molecule has 2 rings (SSSR count). The molecular weight excluding hydrogens is 221 g/mol. The minimum absolute atomic E-state index is 0.0908. The summed E-state index contributed by atoms with van der Waals surface area (Å²) in [6, 6.07) is 0.983. The molecule has 0 unspecified atom stereocenters. The predicted octanol–water partition coefficient (Wildman–Crippen LogP) is 1.41. The fourth-order valence-electron chi connectivity index (χ4n) is 1.11. The molecule has 80 valence electrons. The van der Waals surface area contributed by atoms with Crippen molar-refractivity contribution in [3.05, 3.63) is 23.6 Å². The molecule has 6 heteroatoms. The molecule has 0 bridgehead atoms. The number of carboxylic acids is 1. The van der Waals surface area contributed by atoms with Gasteiger partial charge in [-0.25, -0.2) is 14.2 Å². The Kier molecular flexibility index (Phi) is 2.88. The van der Waals surface area contributed by atoms with Crippen LogP contribution in [-0.2, 0) is 4.74 Å². The molecule has 0 saturated carbocycles. The van der Waals surface area contributed by atoms with E-state index in [1.165, 1.54) is 11.8 Å². The van der Waals surface area contributed by atoms with E-state index in [2.05, 4.69) is 4.98 Å². The Balaban J connectivity index is 2.23. The number of aromatic carboxylic acids is 1. The number of thioether (sulfide) groups is 1. The van der Waals surface area contributed by atoms with Crippen molar-refractivity contribution in [2.75, 3.05) is 13.2 Å². The molecule has 4 nitrogen and oxygen atoms in total. The number of nitrogens with zero attached hydrogens (tertiary/aromatic N) is 1. The van der Waals surface area contributed by atoms with Crippen LogP contribution in [0.25, 0.3) is 0 Å². The number of hydrogen-bond acceptors (Lipinski definition) is 4. The smallest absolute Gasteiger partial charge is 0.338 e. The lowest BCUT2D eigenvalue weighted by molar-refractivity contribution is 0.0454. The van der Waals surface area contributed by atoms with Gasteiger partial charge in [0.1, 0.15) is 10.8 Å². The van der Waals surface area contributed by atoms with E-state index in [9.17, 15) is 9.18 Å². The molecule has 1 saturated heterocycles. The van der Waals surface area contributed by atoms with Crippen LogP contribution in [0.1, 0.15) is 10.4 Å². The van der Waals surface area contributed by atoms with Crippen molar-refractivity contribution in [2.24, 2.45) is 0 Å². The van der Waals surface area contributed by atoms with Gasteiger partial charge in [0.15, 0.2) is 0 Å². The van der Waals surface area contributed by atoms with Crippen LogP contribution in [0.15, 0.2) is 17.3 Å². The van der Waals surface area contributed by atoms with Gasteiger partial charge in [0.05, 0.1) is 30.2 Å². The average Bonchev–Trinajstić information content (AvgIpc) is 2.12.